The van der Waals surface area contributed by atoms with Crippen LogP contribution in [-0.4, -0.2) is 0 Å². The lowest BCUT2D eigenvalue weighted by molar-refractivity contribution is 0.407. The molecule has 0 bridgehead atoms. The molecule has 0 aromatic heterocycles. The third-order valence-corrected chi connectivity index (χ3v) is 14.0. The highest BCUT2D eigenvalue weighted by Gasteiger charge is 2.42. The van der Waals surface area contributed by atoms with E-state index in [4.69, 9.17) is 0 Å². The topological polar surface area (TPSA) is 3.24 Å². The monoisotopic (exact) mass is 851 g/mol. The van der Waals surface area contributed by atoms with E-state index in [-0.39, 0.29) is 5.41 Å². The largest absolute Gasteiger partial charge is 0.310 e. The summed E-state index contributed by atoms with van der Waals surface area (Å²) in [5, 5.41) is 2.52. The number of unbranched alkanes of at least 4 members (excludes halogenated alkanes) is 2. The summed E-state index contributed by atoms with van der Waals surface area (Å²) in [6, 6.07) is 78.6. The SMILES string of the molecule is C=Cc1cccc(CCCCC2(CCCCc3cccc(C=C)c3)c3ccccc3-c3cc(N(c4ccc(-c5ccccc5)cc4)c4ccc(-c5cccc6ccccc56)cc4)ccc32)c1. The zero-order valence-corrected chi connectivity index (χ0v) is 37.9. The molecule has 0 fully saturated rings. The maximum absolute atomic E-state index is 4.02. The molecule has 0 saturated carbocycles. The van der Waals surface area contributed by atoms with Crippen LogP contribution in [0.25, 0.3) is 56.3 Å². The zero-order chi connectivity index (χ0) is 44.7. The fraction of sp³-hybridized carbons (Fsp3) is 0.138. The highest BCUT2D eigenvalue weighted by molar-refractivity contribution is 5.97. The smallest absolute Gasteiger partial charge is 0.0468 e. The van der Waals surface area contributed by atoms with Crippen LogP contribution in [0.3, 0.4) is 0 Å². The van der Waals surface area contributed by atoms with Gasteiger partial charge in [0.15, 0.2) is 0 Å². The summed E-state index contributed by atoms with van der Waals surface area (Å²) in [5.74, 6) is 0. The van der Waals surface area contributed by atoms with E-state index < -0.39 is 0 Å². The van der Waals surface area contributed by atoms with Crippen molar-refractivity contribution in [2.45, 2.75) is 56.8 Å². The summed E-state index contributed by atoms with van der Waals surface area (Å²) in [6.07, 6.45) is 12.9. The number of rotatable bonds is 17. The first kappa shape index (κ1) is 42.5. The van der Waals surface area contributed by atoms with Gasteiger partial charge in [-0.05, 0) is 152 Å². The second kappa shape index (κ2) is 19.3. The van der Waals surface area contributed by atoms with Crippen LogP contribution in [0.2, 0.25) is 0 Å². The summed E-state index contributed by atoms with van der Waals surface area (Å²) in [5.41, 5.74) is 19.1. The standard InChI is InChI=1S/C65H57N/c1-3-48-21-16-23-50(45-48)19-12-14-43-65(44-15-13-20-51-24-17-22-49(4-2)46-51)63-32-11-10-30-61(63)62-47-58(41-42-64(62)65)66(56-37-33-53(34-38-56)52-25-6-5-7-26-52)57-39-35-55(36-40-57)60-31-18-28-54-27-8-9-29-59(54)60/h3-11,16-18,21-42,45-47H,1-2,12-15,19-20,43-44H2. The molecule has 0 atom stereocenters. The number of hydrogen-bond donors (Lipinski definition) is 0. The molecule has 0 spiro atoms. The Balaban J connectivity index is 1.02. The first-order valence-electron chi connectivity index (χ1n) is 23.8. The van der Waals surface area contributed by atoms with Gasteiger partial charge in [0, 0.05) is 22.5 Å². The van der Waals surface area contributed by atoms with Crippen LogP contribution in [0, 0.1) is 0 Å². The highest BCUT2D eigenvalue weighted by atomic mass is 15.1. The van der Waals surface area contributed by atoms with Crippen molar-refractivity contribution in [1.82, 2.24) is 0 Å². The van der Waals surface area contributed by atoms with Gasteiger partial charge in [-0.3, -0.25) is 0 Å². The Morgan fingerprint density at radius 1 is 0.379 bits per heavy atom. The van der Waals surface area contributed by atoms with E-state index in [0.29, 0.717) is 0 Å². The summed E-state index contributed by atoms with van der Waals surface area (Å²) in [6.45, 7) is 8.04. The molecule has 66 heavy (non-hydrogen) atoms. The van der Waals surface area contributed by atoms with Crippen molar-refractivity contribution in [3.63, 3.8) is 0 Å². The van der Waals surface area contributed by atoms with E-state index in [2.05, 4.69) is 230 Å². The van der Waals surface area contributed by atoms with E-state index in [1.165, 1.54) is 77.5 Å². The summed E-state index contributed by atoms with van der Waals surface area (Å²) >= 11 is 0. The van der Waals surface area contributed by atoms with E-state index in [9.17, 15) is 0 Å². The Morgan fingerprint density at radius 2 is 0.894 bits per heavy atom. The number of anilines is 3. The van der Waals surface area contributed by atoms with Gasteiger partial charge in [0.25, 0.3) is 0 Å². The molecule has 1 heteroatoms. The molecule has 0 saturated heterocycles. The number of benzene rings is 9. The van der Waals surface area contributed by atoms with Crippen molar-refractivity contribution < 1.29 is 0 Å². The quantitative estimate of drug-likeness (QED) is 0.0825. The van der Waals surface area contributed by atoms with Crippen LogP contribution in [0.5, 0.6) is 0 Å². The molecule has 0 amide bonds. The molecule has 10 rings (SSSR count). The minimum Gasteiger partial charge on any atom is -0.310 e. The number of hydrogen-bond acceptors (Lipinski definition) is 1. The fourth-order valence-corrected chi connectivity index (χ4v) is 10.7. The van der Waals surface area contributed by atoms with E-state index in [1.807, 2.05) is 12.2 Å². The van der Waals surface area contributed by atoms with Gasteiger partial charge in [-0.15, -0.1) is 0 Å². The third-order valence-electron chi connectivity index (χ3n) is 14.0. The minimum absolute atomic E-state index is 0.0708. The summed E-state index contributed by atoms with van der Waals surface area (Å²) in [4.78, 5) is 2.44. The van der Waals surface area contributed by atoms with Crippen LogP contribution in [0.4, 0.5) is 17.1 Å². The van der Waals surface area contributed by atoms with Gasteiger partial charge in [-0.25, -0.2) is 0 Å². The molecule has 322 valence electrons. The second-order valence-electron chi connectivity index (χ2n) is 18.0. The normalized spacial score (nSPS) is 12.4. The highest BCUT2D eigenvalue weighted by Crippen LogP contribution is 2.55. The lowest BCUT2D eigenvalue weighted by Crippen LogP contribution is -2.25. The Bertz CT molecular complexity index is 3050. The van der Waals surface area contributed by atoms with Gasteiger partial charge in [0.05, 0.1) is 0 Å². The van der Waals surface area contributed by atoms with E-state index in [1.54, 1.807) is 0 Å². The molecule has 0 radical (unpaired) electrons. The predicted molar refractivity (Wildman–Crippen MR) is 284 cm³/mol. The number of fused-ring (bicyclic) bond motifs is 4. The molecule has 0 N–H and O–H groups in total. The Morgan fingerprint density at radius 3 is 1.56 bits per heavy atom. The second-order valence-corrected chi connectivity index (χ2v) is 18.0. The molecule has 9 aromatic rings. The van der Waals surface area contributed by atoms with Crippen LogP contribution < -0.4 is 4.90 Å². The predicted octanol–water partition coefficient (Wildman–Crippen LogP) is 18.0. The van der Waals surface area contributed by atoms with Gasteiger partial charge in [-0.1, -0.05) is 214 Å². The van der Waals surface area contributed by atoms with Crippen molar-refractivity contribution in [3.05, 3.63) is 259 Å². The first-order valence-corrected chi connectivity index (χ1v) is 23.8. The van der Waals surface area contributed by atoms with E-state index >= 15 is 0 Å². The molecule has 0 aliphatic heterocycles. The average Bonchev–Trinajstić information content (AvgIpc) is 3.65. The Hall–Kier alpha value is -7.48. The summed E-state index contributed by atoms with van der Waals surface area (Å²) in [7, 11) is 0. The van der Waals surface area contributed by atoms with Crippen molar-refractivity contribution in [3.8, 4) is 33.4 Å². The minimum atomic E-state index is -0.0708. The van der Waals surface area contributed by atoms with Crippen molar-refractivity contribution in [2.75, 3.05) is 4.90 Å². The average molecular weight is 852 g/mol. The Labute approximate surface area is 392 Å². The molecule has 1 aliphatic rings. The first-order chi connectivity index (χ1) is 32.6. The number of aryl methyl sites for hydroxylation is 2. The molecule has 1 aliphatic carbocycles. The maximum atomic E-state index is 4.02. The molecule has 9 aromatic carbocycles. The van der Waals surface area contributed by atoms with Gasteiger partial charge in [0.2, 0.25) is 0 Å². The van der Waals surface area contributed by atoms with Gasteiger partial charge in [0.1, 0.15) is 0 Å². The summed E-state index contributed by atoms with van der Waals surface area (Å²) < 4.78 is 0. The van der Waals surface area contributed by atoms with E-state index in [0.717, 1.165) is 68.4 Å². The third kappa shape index (κ3) is 8.70. The zero-order valence-electron chi connectivity index (χ0n) is 37.9. The molecule has 0 unspecified atom stereocenters. The lowest BCUT2D eigenvalue weighted by atomic mass is 9.70. The molecule has 1 nitrogen and oxygen atoms in total. The maximum Gasteiger partial charge on any atom is 0.0468 e. The fourth-order valence-electron chi connectivity index (χ4n) is 10.7. The van der Waals surface area contributed by atoms with Crippen LogP contribution >= 0.6 is 0 Å². The van der Waals surface area contributed by atoms with Crippen LogP contribution in [-0.2, 0) is 18.3 Å². The molecular formula is C65H57N. The lowest BCUT2D eigenvalue weighted by Gasteiger charge is -2.33. The van der Waals surface area contributed by atoms with Crippen LogP contribution in [0.1, 0.15) is 71.9 Å². The van der Waals surface area contributed by atoms with Gasteiger partial charge < -0.3 is 4.90 Å². The van der Waals surface area contributed by atoms with Gasteiger partial charge in [-0.2, -0.15) is 0 Å². The Kier molecular flexibility index (Phi) is 12.4. The van der Waals surface area contributed by atoms with Gasteiger partial charge >= 0.3 is 0 Å². The van der Waals surface area contributed by atoms with Crippen LogP contribution in [0.15, 0.2) is 225 Å². The van der Waals surface area contributed by atoms with Crippen molar-refractivity contribution in [1.29, 1.82) is 0 Å². The van der Waals surface area contributed by atoms with Crippen molar-refractivity contribution >= 4 is 40.0 Å². The number of nitrogens with zero attached hydrogens (tertiary/aromatic N) is 1. The molecule has 0 heterocycles. The molecular weight excluding hydrogens is 795 g/mol. The van der Waals surface area contributed by atoms with Crippen molar-refractivity contribution in [2.24, 2.45) is 0 Å².